The first kappa shape index (κ1) is 25.0. The number of hydrogen-bond donors (Lipinski definition) is 1. The van der Waals surface area contributed by atoms with Crippen LogP contribution >= 0.6 is 0 Å². The molecule has 1 N–H and O–H groups in total. The van der Waals surface area contributed by atoms with E-state index in [0.717, 1.165) is 5.56 Å². The van der Waals surface area contributed by atoms with Gasteiger partial charge in [0.15, 0.2) is 46.1 Å². The molecule has 0 aromatic heterocycles. The van der Waals surface area contributed by atoms with Crippen LogP contribution in [0.4, 0.5) is 0 Å². The third-order valence-electron chi connectivity index (χ3n) is 3.97. The minimum atomic E-state index is -0.0347. The molecule has 0 amide bonds. The second kappa shape index (κ2) is 11.3. The smallest absolute Gasteiger partial charge is 1.00 e. The zero-order valence-electron chi connectivity index (χ0n) is 17.2. The van der Waals surface area contributed by atoms with Gasteiger partial charge in [-0.15, -0.1) is 0 Å². The summed E-state index contributed by atoms with van der Waals surface area (Å²) in [6, 6.07) is 6.78. The first-order valence-electron chi connectivity index (χ1n) is 8.13. The number of aliphatic hydroxyl groups excluding tert-OH is 1. The molecule has 2 heterocycles. The maximum atomic E-state index is 11.2. The number of rotatable bonds is 4. The maximum Gasteiger partial charge on any atom is 1.00 e. The van der Waals surface area contributed by atoms with Crippen molar-refractivity contribution in [2.75, 3.05) is 27.8 Å². The largest absolute Gasteiger partial charge is 1.00 e. The van der Waals surface area contributed by atoms with E-state index in [0.29, 0.717) is 40.1 Å². The van der Waals surface area contributed by atoms with E-state index in [-0.39, 0.29) is 63.6 Å². The molecule has 0 radical (unpaired) electrons. The van der Waals surface area contributed by atoms with Crippen LogP contribution in [0.5, 0.6) is 34.5 Å². The summed E-state index contributed by atoms with van der Waals surface area (Å²) < 4.78 is 30.9. The summed E-state index contributed by atoms with van der Waals surface area (Å²) in [6.45, 7) is 1.84. The number of methoxy groups -OCH3 is 2. The topological polar surface area (TPSA) is 92.7 Å². The van der Waals surface area contributed by atoms with Crippen molar-refractivity contribution in [3.63, 3.8) is 0 Å². The molecule has 0 aliphatic carbocycles. The Hall–Kier alpha value is -2.00. The molecule has 0 bridgehead atoms. The standard InChI is InChI=1S/C10H10O4.C9H10O4.Al.Li.4H/c1-6(11)7-3-8(12-2)10-9(4-7)13-5-14-10;1-11-7-2-6(4-10)3-8-9(7)13-5-12-8;;;;;;/h3-4H,5H2,1-2H3;2-3,10H,4-5H2,1H3;;;;;;/q;;;+1;;;;-1. The van der Waals surface area contributed by atoms with Gasteiger partial charge in [-0.05, 0) is 36.8 Å². The molecule has 0 spiro atoms. The Labute approximate surface area is 192 Å². The van der Waals surface area contributed by atoms with Crippen molar-refractivity contribution in [3.8, 4) is 34.5 Å². The van der Waals surface area contributed by atoms with Crippen LogP contribution in [0.15, 0.2) is 24.3 Å². The first-order valence-corrected chi connectivity index (χ1v) is 8.13. The van der Waals surface area contributed by atoms with Gasteiger partial charge < -0.3 is 35.0 Å². The number of fused-ring (bicyclic) bond motifs is 2. The Morgan fingerprint density at radius 2 is 1.48 bits per heavy atom. The molecule has 0 fully saturated rings. The monoisotopic (exact) mass is 414 g/mol. The average Bonchev–Trinajstić information content (AvgIpc) is 3.35. The summed E-state index contributed by atoms with van der Waals surface area (Å²) in [4.78, 5) is 11.2. The third-order valence-corrected chi connectivity index (χ3v) is 3.97. The van der Waals surface area contributed by atoms with Crippen LogP contribution in [0.3, 0.4) is 0 Å². The van der Waals surface area contributed by atoms with Crippen LogP contribution in [0, 0.1) is 0 Å². The van der Waals surface area contributed by atoms with E-state index in [4.69, 9.17) is 33.5 Å². The van der Waals surface area contributed by atoms with Gasteiger partial charge in [0, 0.05) is 5.56 Å². The van der Waals surface area contributed by atoms with Gasteiger partial charge in [-0.2, -0.15) is 0 Å². The van der Waals surface area contributed by atoms with Gasteiger partial charge in [-0.3, -0.25) is 4.79 Å². The Balaban J connectivity index is 0.000000511. The van der Waals surface area contributed by atoms with Gasteiger partial charge in [-0.1, -0.05) is 0 Å². The number of benzene rings is 2. The van der Waals surface area contributed by atoms with Crippen molar-refractivity contribution < 1.29 is 58.6 Å². The predicted molar refractivity (Wildman–Crippen MR) is 105 cm³/mol. The Morgan fingerprint density at radius 1 is 0.966 bits per heavy atom. The number of aliphatic hydroxyl groups is 1. The Morgan fingerprint density at radius 3 is 1.97 bits per heavy atom. The molecule has 29 heavy (non-hydrogen) atoms. The second-order valence-corrected chi connectivity index (χ2v) is 5.66. The van der Waals surface area contributed by atoms with Gasteiger partial charge >= 0.3 is 18.9 Å². The van der Waals surface area contributed by atoms with Gasteiger partial charge in [0.25, 0.3) is 0 Å². The molecule has 2 aromatic rings. The SMILES string of the molecule is COc1cc(C(C)=O)cc2c1OCO2.COc1cc(CO)cc2c1OCO2.[AlH3].[H-].[Li+]. The van der Waals surface area contributed by atoms with E-state index in [1.807, 2.05) is 0 Å². The Kier molecular flexibility index (Phi) is 9.72. The van der Waals surface area contributed by atoms with Crippen molar-refractivity contribution in [2.24, 2.45) is 0 Å². The molecule has 4 rings (SSSR count). The fourth-order valence-electron chi connectivity index (χ4n) is 2.61. The summed E-state index contributed by atoms with van der Waals surface area (Å²) in [5, 5.41) is 8.94. The molecular weight excluding hydrogens is 390 g/mol. The second-order valence-electron chi connectivity index (χ2n) is 5.66. The molecule has 2 aromatic carbocycles. The molecule has 2 aliphatic heterocycles. The average molecular weight is 414 g/mol. The van der Waals surface area contributed by atoms with E-state index in [1.54, 1.807) is 31.4 Å². The zero-order chi connectivity index (χ0) is 19.4. The van der Waals surface area contributed by atoms with Crippen LogP contribution < -0.4 is 47.3 Å². The van der Waals surface area contributed by atoms with Crippen molar-refractivity contribution in [3.05, 3.63) is 35.4 Å². The van der Waals surface area contributed by atoms with Crippen LogP contribution in [0.2, 0.25) is 0 Å². The number of hydrogen-bond acceptors (Lipinski definition) is 8. The number of carbonyl (C=O) groups excluding carboxylic acids is 1. The molecular formula is C19H24AlLiO8. The zero-order valence-corrected chi connectivity index (χ0v) is 16.2. The normalized spacial score (nSPS) is 12.0. The van der Waals surface area contributed by atoms with E-state index in [2.05, 4.69) is 0 Å². The fraction of sp³-hybridized carbons (Fsp3) is 0.316. The van der Waals surface area contributed by atoms with Crippen molar-refractivity contribution in [1.82, 2.24) is 0 Å². The van der Waals surface area contributed by atoms with Crippen LogP contribution in [0.1, 0.15) is 24.3 Å². The minimum Gasteiger partial charge on any atom is -1.00 e. The molecule has 0 unspecified atom stereocenters. The molecule has 152 valence electrons. The molecule has 0 saturated carbocycles. The quantitative estimate of drug-likeness (QED) is 0.476. The number of ether oxygens (including phenoxy) is 6. The van der Waals surface area contributed by atoms with Crippen LogP contribution in [-0.2, 0) is 6.61 Å². The number of carbonyl (C=O) groups is 1. The summed E-state index contributed by atoms with van der Waals surface area (Å²) in [7, 11) is 3.08. The van der Waals surface area contributed by atoms with E-state index >= 15 is 0 Å². The predicted octanol–water partition coefficient (Wildman–Crippen LogP) is -1.52. The summed E-state index contributed by atoms with van der Waals surface area (Å²) >= 11 is 0. The first-order chi connectivity index (χ1) is 13.1. The van der Waals surface area contributed by atoms with E-state index in [1.165, 1.54) is 14.0 Å². The molecule has 0 atom stereocenters. The maximum absolute atomic E-state index is 11.2. The molecule has 8 nitrogen and oxygen atoms in total. The van der Waals surface area contributed by atoms with E-state index < -0.39 is 0 Å². The van der Waals surface area contributed by atoms with Crippen molar-refractivity contribution >= 4 is 23.1 Å². The van der Waals surface area contributed by atoms with Gasteiger partial charge in [0.1, 0.15) is 0 Å². The van der Waals surface area contributed by atoms with Gasteiger partial charge in [0.05, 0.1) is 20.8 Å². The third kappa shape index (κ3) is 5.54. The Bertz CT molecular complexity index is 865. The molecule has 10 heteroatoms. The van der Waals surface area contributed by atoms with E-state index in [9.17, 15) is 4.79 Å². The number of ketones is 1. The molecule has 0 saturated heterocycles. The number of Topliss-reactive ketones (excluding diaryl/α,β-unsaturated/α-hetero) is 1. The van der Waals surface area contributed by atoms with Crippen molar-refractivity contribution in [2.45, 2.75) is 13.5 Å². The van der Waals surface area contributed by atoms with Crippen LogP contribution in [-0.4, -0.2) is 56.1 Å². The fourth-order valence-corrected chi connectivity index (χ4v) is 2.61. The van der Waals surface area contributed by atoms with Crippen molar-refractivity contribution in [1.29, 1.82) is 0 Å². The minimum absolute atomic E-state index is 0. The van der Waals surface area contributed by atoms with Gasteiger partial charge in [-0.25, -0.2) is 0 Å². The summed E-state index contributed by atoms with van der Waals surface area (Å²) in [6.07, 6.45) is 0. The summed E-state index contributed by atoms with van der Waals surface area (Å²) in [5.74, 6) is 3.47. The van der Waals surface area contributed by atoms with Gasteiger partial charge in [0.2, 0.25) is 25.1 Å². The summed E-state index contributed by atoms with van der Waals surface area (Å²) in [5.41, 5.74) is 1.31. The molecule has 2 aliphatic rings. The van der Waals surface area contributed by atoms with Crippen LogP contribution in [0.25, 0.3) is 0 Å².